The van der Waals surface area contributed by atoms with Crippen molar-refractivity contribution in [1.82, 2.24) is 4.90 Å². The number of likely N-dealkylation sites (tertiary alicyclic amines) is 1. The van der Waals surface area contributed by atoms with Gasteiger partial charge >= 0.3 is 6.18 Å². The Bertz CT molecular complexity index is 900. The molecule has 0 aromatic heterocycles. The van der Waals surface area contributed by atoms with Crippen LogP contribution in [-0.4, -0.2) is 42.4 Å². The first-order chi connectivity index (χ1) is 15.3. The second kappa shape index (κ2) is 9.44. The molecular formula is C26H32F3NO2. The molecule has 3 nitrogen and oxygen atoms in total. The zero-order chi connectivity index (χ0) is 22.8. The molecule has 2 aromatic rings. The fraction of sp³-hybridized carbons (Fsp3) is 0.538. The number of rotatable bonds is 6. The van der Waals surface area contributed by atoms with Crippen LogP contribution in [-0.2, 0) is 6.18 Å². The van der Waals surface area contributed by atoms with Gasteiger partial charge in [-0.25, -0.2) is 0 Å². The summed E-state index contributed by atoms with van der Waals surface area (Å²) in [6, 6.07) is 13.8. The molecule has 2 fully saturated rings. The molecule has 1 atom stereocenters. The molecule has 0 amide bonds. The number of aliphatic hydroxyl groups is 1. The lowest BCUT2D eigenvalue weighted by atomic mass is 9.79. The third kappa shape index (κ3) is 5.12. The van der Waals surface area contributed by atoms with Crippen molar-refractivity contribution in [1.29, 1.82) is 0 Å². The second-order valence-corrected chi connectivity index (χ2v) is 9.34. The maximum absolute atomic E-state index is 13.1. The molecule has 1 saturated carbocycles. The lowest BCUT2D eigenvalue weighted by Crippen LogP contribution is -2.43. The Morgan fingerprint density at radius 2 is 1.75 bits per heavy atom. The van der Waals surface area contributed by atoms with E-state index in [0.717, 1.165) is 81.1 Å². The summed E-state index contributed by atoms with van der Waals surface area (Å²) >= 11 is 0. The van der Waals surface area contributed by atoms with Crippen LogP contribution in [0.5, 0.6) is 5.75 Å². The van der Waals surface area contributed by atoms with Gasteiger partial charge in [0.25, 0.3) is 0 Å². The molecule has 1 aliphatic heterocycles. The molecule has 32 heavy (non-hydrogen) atoms. The van der Waals surface area contributed by atoms with Crippen molar-refractivity contribution in [2.24, 2.45) is 0 Å². The minimum absolute atomic E-state index is 0.00907. The highest BCUT2D eigenvalue weighted by molar-refractivity contribution is 5.33. The van der Waals surface area contributed by atoms with Crippen LogP contribution < -0.4 is 4.74 Å². The molecule has 4 rings (SSSR count). The molecule has 174 valence electrons. The Hall–Kier alpha value is -2.05. The number of hydrogen-bond acceptors (Lipinski definition) is 3. The Labute approximate surface area is 188 Å². The maximum Gasteiger partial charge on any atom is 0.416 e. The van der Waals surface area contributed by atoms with Gasteiger partial charge in [0.2, 0.25) is 0 Å². The first kappa shape index (κ1) is 23.1. The summed E-state index contributed by atoms with van der Waals surface area (Å²) in [7, 11) is 1.65. The van der Waals surface area contributed by atoms with Gasteiger partial charge in [0.1, 0.15) is 5.75 Å². The molecule has 6 heteroatoms. The minimum atomic E-state index is -4.31. The van der Waals surface area contributed by atoms with Gasteiger partial charge in [-0.05, 0) is 74.0 Å². The van der Waals surface area contributed by atoms with Crippen LogP contribution in [0.2, 0.25) is 0 Å². The number of methoxy groups -OCH3 is 1. The smallest absolute Gasteiger partial charge is 0.416 e. The maximum atomic E-state index is 13.1. The third-order valence-electron chi connectivity index (χ3n) is 7.33. The first-order valence-corrected chi connectivity index (χ1v) is 11.5. The Kier molecular flexibility index (Phi) is 6.82. The lowest BCUT2D eigenvalue weighted by Gasteiger charge is -2.40. The number of nitrogens with zero attached hydrogens (tertiary/aromatic N) is 1. The summed E-state index contributed by atoms with van der Waals surface area (Å²) in [5.74, 6) is 0.918. The highest BCUT2D eigenvalue weighted by Crippen LogP contribution is 2.43. The van der Waals surface area contributed by atoms with Gasteiger partial charge in [-0.2, -0.15) is 13.2 Å². The fourth-order valence-corrected chi connectivity index (χ4v) is 5.46. The quantitative estimate of drug-likeness (QED) is 0.591. The van der Waals surface area contributed by atoms with Gasteiger partial charge in [-0.1, -0.05) is 43.2 Å². The van der Waals surface area contributed by atoms with Crippen LogP contribution in [0.15, 0.2) is 48.5 Å². The van der Waals surface area contributed by atoms with E-state index < -0.39 is 17.3 Å². The summed E-state index contributed by atoms with van der Waals surface area (Å²) in [4.78, 5) is 2.37. The van der Waals surface area contributed by atoms with Crippen LogP contribution in [0.25, 0.3) is 0 Å². The number of halogens is 3. The predicted molar refractivity (Wildman–Crippen MR) is 119 cm³/mol. The van der Waals surface area contributed by atoms with Gasteiger partial charge in [0, 0.05) is 12.5 Å². The standard InChI is InChI=1S/C26H32F3NO2/c1-32-23-9-5-7-21(17-23)24(25(31)12-2-3-13-25)18-30-14-10-19(11-15-30)20-6-4-8-22(16-20)26(27,28)29/h4-9,16-17,19,24,31H,2-3,10-15,18H2,1H3. The normalized spacial score (nSPS) is 20.9. The van der Waals surface area contributed by atoms with Crippen molar-refractivity contribution >= 4 is 0 Å². The molecule has 1 saturated heterocycles. The molecule has 0 spiro atoms. The third-order valence-corrected chi connectivity index (χ3v) is 7.33. The van der Waals surface area contributed by atoms with Crippen molar-refractivity contribution in [3.8, 4) is 5.75 Å². The van der Waals surface area contributed by atoms with E-state index >= 15 is 0 Å². The van der Waals surface area contributed by atoms with E-state index in [2.05, 4.69) is 11.0 Å². The summed E-state index contributed by atoms with van der Waals surface area (Å²) in [6.07, 6.45) is 1.01. The summed E-state index contributed by atoms with van der Waals surface area (Å²) in [6.45, 7) is 2.38. The number of hydrogen-bond donors (Lipinski definition) is 1. The van der Waals surface area contributed by atoms with E-state index in [0.29, 0.717) is 0 Å². The van der Waals surface area contributed by atoms with Gasteiger partial charge in [0.15, 0.2) is 0 Å². The van der Waals surface area contributed by atoms with Crippen molar-refractivity contribution in [3.05, 3.63) is 65.2 Å². The summed E-state index contributed by atoms with van der Waals surface area (Å²) in [5.41, 5.74) is 0.579. The van der Waals surface area contributed by atoms with E-state index in [1.807, 2.05) is 24.3 Å². The number of alkyl halides is 3. The largest absolute Gasteiger partial charge is 0.497 e. The Morgan fingerprint density at radius 3 is 2.41 bits per heavy atom. The molecule has 0 bridgehead atoms. The molecule has 1 N–H and O–H groups in total. The summed E-state index contributed by atoms with van der Waals surface area (Å²) in [5, 5.41) is 11.5. The van der Waals surface area contributed by atoms with E-state index in [9.17, 15) is 18.3 Å². The average Bonchev–Trinajstić information content (AvgIpc) is 3.24. The monoisotopic (exact) mass is 447 g/mol. The highest BCUT2D eigenvalue weighted by atomic mass is 19.4. The Morgan fingerprint density at radius 1 is 1.06 bits per heavy atom. The van der Waals surface area contributed by atoms with Crippen LogP contribution in [0.3, 0.4) is 0 Å². The molecule has 1 unspecified atom stereocenters. The van der Waals surface area contributed by atoms with E-state index in [4.69, 9.17) is 4.74 Å². The predicted octanol–water partition coefficient (Wildman–Crippen LogP) is 5.98. The van der Waals surface area contributed by atoms with Crippen molar-refractivity contribution in [3.63, 3.8) is 0 Å². The van der Waals surface area contributed by atoms with Crippen LogP contribution in [0.4, 0.5) is 13.2 Å². The SMILES string of the molecule is COc1cccc(C(CN2CCC(c3cccc(C(F)(F)F)c3)CC2)C2(O)CCCC2)c1. The van der Waals surface area contributed by atoms with Crippen LogP contribution >= 0.6 is 0 Å². The zero-order valence-electron chi connectivity index (χ0n) is 18.6. The van der Waals surface area contributed by atoms with Crippen LogP contribution in [0.1, 0.15) is 67.1 Å². The van der Waals surface area contributed by atoms with Crippen molar-refractivity contribution in [2.45, 2.75) is 62.1 Å². The van der Waals surface area contributed by atoms with Gasteiger partial charge in [-0.3, -0.25) is 0 Å². The number of piperidine rings is 1. The molecule has 1 heterocycles. The lowest BCUT2D eigenvalue weighted by molar-refractivity contribution is -0.137. The van der Waals surface area contributed by atoms with Crippen molar-refractivity contribution in [2.75, 3.05) is 26.7 Å². The second-order valence-electron chi connectivity index (χ2n) is 9.34. The molecule has 2 aromatic carbocycles. The Balaban J connectivity index is 1.46. The molecular weight excluding hydrogens is 415 g/mol. The molecule has 0 radical (unpaired) electrons. The van der Waals surface area contributed by atoms with E-state index in [1.54, 1.807) is 7.11 Å². The number of ether oxygens (including phenoxy) is 1. The van der Waals surface area contributed by atoms with E-state index in [-0.39, 0.29) is 11.8 Å². The highest BCUT2D eigenvalue weighted by Gasteiger charge is 2.41. The van der Waals surface area contributed by atoms with Crippen molar-refractivity contribution < 1.29 is 23.0 Å². The number of benzene rings is 2. The summed E-state index contributed by atoms with van der Waals surface area (Å²) < 4.78 is 44.7. The molecule has 2 aliphatic rings. The molecule has 1 aliphatic carbocycles. The topological polar surface area (TPSA) is 32.7 Å². The van der Waals surface area contributed by atoms with E-state index in [1.165, 1.54) is 12.1 Å². The first-order valence-electron chi connectivity index (χ1n) is 11.5. The average molecular weight is 448 g/mol. The van der Waals surface area contributed by atoms with Crippen LogP contribution in [0, 0.1) is 0 Å². The van der Waals surface area contributed by atoms with Gasteiger partial charge in [0.05, 0.1) is 18.3 Å². The van der Waals surface area contributed by atoms with Gasteiger partial charge in [-0.15, -0.1) is 0 Å². The zero-order valence-corrected chi connectivity index (χ0v) is 18.6. The minimum Gasteiger partial charge on any atom is -0.497 e. The fourth-order valence-electron chi connectivity index (χ4n) is 5.46. The van der Waals surface area contributed by atoms with Gasteiger partial charge < -0.3 is 14.7 Å².